The van der Waals surface area contributed by atoms with Crippen LogP contribution in [0.25, 0.3) is 28.3 Å². The lowest BCUT2D eigenvalue weighted by atomic mass is 9.94. The molecule has 0 atom stereocenters. The maximum atomic E-state index is 4.71. The zero-order valence-electron chi connectivity index (χ0n) is 15.1. The molecule has 0 saturated heterocycles. The van der Waals surface area contributed by atoms with Crippen molar-refractivity contribution in [3.05, 3.63) is 91.3 Å². The predicted octanol–water partition coefficient (Wildman–Crippen LogP) is 3.61. The molecule has 1 aromatic heterocycles. The van der Waals surface area contributed by atoms with E-state index in [9.17, 15) is 0 Å². The summed E-state index contributed by atoms with van der Waals surface area (Å²) < 4.78 is 0. The molecule has 26 heavy (non-hydrogen) atoms. The topological polar surface area (TPSA) is 38.7 Å². The minimum atomic E-state index is 0.614. The van der Waals surface area contributed by atoms with Crippen molar-refractivity contribution in [2.24, 2.45) is 0 Å². The lowest BCUT2D eigenvalue weighted by molar-refractivity contribution is 1.04. The van der Waals surface area contributed by atoms with Gasteiger partial charge in [0.25, 0.3) is 0 Å². The third-order valence-corrected chi connectivity index (χ3v) is 3.89. The van der Waals surface area contributed by atoms with Gasteiger partial charge in [-0.25, -0.2) is 15.0 Å². The van der Waals surface area contributed by atoms with Crippen molar-refractivity contribution in [1.29, 1.82) is 0 Å². The van der Waals surface area contributed by atoms with Crippen LogP contribution in [0.2, 0.25) is 0 Å². The Kier molecular flexibility index (Phi) is 5.54. The van der Waals surface area contributed by atoms with E-state index < -0.39 is 0 Å². The molecule has 0 aliphatic heterocycles. The summed E-state index contributed by atoms with van der Waals surface area (Å²) in [4.78, 5) is 14.1. The average molecular weight is 337 g/mol. The van der Waals surface area contributed by atoms with Crippen molar-refractivity contribution in [1.82, 2.24) is 15.0 Å². The van der Waals surface area contributed by atoms with Gasteiger partial charge < -0.3 is 0 Å². The molecular formula is C22H20BN3. The molecule has 0 amide bonds. The zero-order valence-corrected chi connectivity index (χ0v) is 15.1. The summed E-state index contributed by atoms with van der Waals surface area (Å²) in [7, 11) is 2.06. The fraction of sp³-hybridized carbons (Fsp3) is 0.0455. The molecule has 0 bridgehead atoms. The standard InChI is InChI=1S/C22H20BN3/c1-3-5-10-16(4-2)20-24-21(17-11-7-6-8-12-17)26-22(25-20)18-13-9-14-19(23)15-18/h3-15H,2,23H2,1H3/b5-3-,16-10+. The van der Waals surface area contributed by atoms with E-state index in [0.29, 0.717) is 17.5 Å². The van der Waals surface area contributed by atoms with Gasteiger partial charge in [0.05, 0.1) is 0 Å². The first kappa shape index (κ1) is 17.6. The molecule has 0 unspecified atom stereocenters. The molecule has 126 valence electrons. The second kappa shape index (κ2) is 8.21. The molecule has 0 N–H and O–H groups in total. The van der Waals surface area contributed by atoms with Crippen LogP contribution in [0.5, 0.6) is 0 Å². The predicted molar refractivity (Wildman–Crippen MR) is 112 cm³/mol. The van der Waals surface area contributed by atoms with Crippen LogP contribution in [0.1, 0.15) is 12.7 Å². The lowest BCUT2D eigenvalue weighted by Crippen LogP contribution is -2.05. The zero-order chi connectivity index (χ0) is 18.4. The summed E-state index contributed by atoms with van der Waals surface area (Å²) in [6, 6.07) is 18.1. The van der Waals surface area contributed by atoms with E-state index in [1.54, 1.807) is 6.08 Å². The highest BCUT2D eigenvalue weighted by Gasteiger charge is 2.12. The Labute approximate surface area is 155 Å². The summed E-state index contributed by atoms with van der Waals surface area (Å²) in [5, 5.41) is 0. The number of benzene rings is 2. The molecule has 0 fully saturated rings. The number of hydrogen-bond acceptors (Lipinski definition) is 3. The van der Waals surface area contributed by atoms with Crippen molar-refractivity contribution in [3.63, 3.8) is 0 Å². The van der Waals surface area contributed by atoms with Crippen LogP contribution in [0.3, 0.4) is 0 Å². The molecule has 0 spiro atoms. The van der Waals surface area contributed by atoms with E-state index in [4.69, 9.17) is 9.97 Å². The van der Waals surface area contributed by atoms with Crippen LogP contribution in [-0.4, -0.2) is 22.8 Å². The highest BCUT2D eigenvalue weighted by Crippen LogP contribution is 2.22. The first-order chi connectivity index (χ1) is 12.7. The fourth-order valence-corrected chi connectivity index (χ4v) is 2.57. The molecule has 1 heterocycles. The smallest absolute Gasteiger partial charge is 0.164 e. The van der Waals surface area contributed by atoms with E-state index in [1.165, 1.54) is 5.46 Å². The number of allylic oxidation sites excluding steroid dienone is 5. The molecule has 0 aliphatic rings. The molecule has 0 saturated carbocycles. The summed E-state index contributed by atoms with van der Waals surface area (Å²) in [5.74, 6) is 1.93. The van der Waals surface area contributed by atoms with E-state index in [-0.39, 0.29) is 0 Å². The normalized spacial score (nSPS) is 11.7. The van der Waals surface area contributed by atoms with Crippen molar-refractivity contribution >= 4 is 18.9 Å². The Morgan fingerprint density at radius 3 is 2.27 bits per heavy atom. The van der Waals surface area contributed by atoms with Crippen molar-refractivity contribution in [2.45, 2.75) is 6.92 Å². The first-order valence-corrected chi connectivity index (χ1v) is 8.55. The Hall–Kier alpha value is -3.27. The van der Waals surface area contributed by atoms with Crippen molar-refractivity contribution in [2.75, 3.05) is 0 Å². The molecule has 0 radical (unpaired) electrons. The van der Waals surface area contributed by atoms with Gasteiger partial charge in [-0.05, 0) is 6.92 Å². The van der Waals surface area contributed by atoms with Crippen molar-refractivity contribution in [3.8, 4) is 22.8 Å². The SMILES string of the molecule is Bc1cccc(-c2nc(/C(C=C)=C/C=C\C)nc(-c3ccccc3)n2)c1. The van der Waals surface area contributed by atoms with Gasteiger partial charge >= 0.3 is 0 Å². The van der Waals surface area contributed by atoms with Gasteiger partial charge in [-0.3, -0.25) is 0 Å². The van der Waals surface area contributed by atoms with Gasteiger partial charge in [-0.1, -0.05) is 90.9 Å². The second-order valence-electron chi connectivity index (χ2n) is 5.89. The van der Waals surface area contributed by atoms with Crippen LogP contribution >= 0.6 is 0 Å². The van der Waals surface area contributed by atoms with E-state index in [1.807, 2.05) is 67.6 Å². The number of nitrogens with zero attached hydrogens (tertiary/aromatic N) is 3. The van der Waals surface area contributed by atoms with E-state index in [0.717, 1.165) is 16.7 Å². The van der Waals surface area contributed by atoms with Crippen LogP contribution in [0.4, 0.5) is 0 Å². The third kappa shape index (κ3) is 4.04. The fourth-order valence-electron chi connectivity index (χ4n) is 2.57. The van der Waals surface area contributed by atoms with Gasteiger partial charge in [0.2, 0.25) is 0 Å². The van der Waals surface area contributed by atoms with Crippen LogP contribution in [0, 0.1) is 0 Å². The number of hydrogen-bond donors (Lipinski definition) is 0. The largest absolute Gasteiger partial charge is 0.208 e. The maximum Gasteiger partial charge on any atom is 0.164 e. The average Bonchev–Trinajstić information content (AvgIpc) is 2.69. The van der Waals surface area contributed by atoms with Gasteiger partial charge in [-0.15, -0.1) is 0 Å². The van der Waals surface area contributed by atoms with Crippen molar-refractivity contribution < 1.29 is 0 Å². The van der Waals surface area contributed by atoms with Crippen LogP contribution in [-0.2, 0) is 0 Å². The van der Waals surface area contributed by atoms with Gasteiger partial charge in [0.1, 0.15) is 7.85 Å². The molecule has 2 aromatic carbocycles. The molecule has 3 nitrogen and oxygen atoms in total. The van der Waals surface area contributed by atoms with E-state index in [2.05, 4.69) is 31.5 Å². The third-order valence-electron chi connectivity index (χ3n) is 3.89. The molecule has 0 aliphatic carbocycles. The minimum Gasteiger partial charge on any atom is -0.208 e. The van der Waals surface area contributed by atoms with Gasteiger partial charge in [-0.2, -0.15) is 0 Å². The van der Waals surface area contributed by atoms with Gasteiger partial charge in [0, 0.05) is 16.7 Å². The molecular weight excluding hydrogens is 317 g/mol. The van der Waals surface area contributed by atoms with E-state index >= 15 is 0 Å². The number of aromatic nitrogens is 3. The lowest BCUT2D eigenvalue weighted by Gasteiger charge is -2.09. The summed E-state index contributed by atoms with van der Waals surface area (Å²) >= 11 is 0. The Bertz CT molecular complexity index is 976. The molecule has 3 aromatic rings. The Balaban J connectivity index is 2.21. The highest BCUT2D eigenvalue weighted by molar-refractivity contribution is 6.32. The quantitative estimate of drug-likeness (QED) is 0.527. The monoisotopic (exact) mass is 337 g/mol. The first-order valence-electron chi connectivity index (χ1n) is 8.55. The second-order valence-corrected chi connectivity index (χ2v) is 5.89. The Morgan fingerprint density at radius 1 is 0.923 bits per heavy atom. The van der Waals surface area contributed by atoms with Crippen LogP contribution in [0.15, 0.2) is 85.5 Å². The summed E-state index contributed by atoms with van der Waals surface area (Å²) in [6.07, 6.45) is 7.64. The Morgan fingerprint density at radius 2 is 1.62 bits per heavy atom. The highest BCUT2D eigenvalue weighted by atomic mass is 15.0. The summed E-state index contributed by atoms with van der Waals surface area (Å²) in [6.45, 7) is 5.88. The maximum absolute atomic E-state index is 4.71. The minimum absolute atomic E-state index is 0.614. The van der Waals surface area contributed by atoms with Crippen LogP contribution < -0.4 is 5.46 Å². The molecule has 3 rings (SSSR count). The number of rotatable bonds is 5. The van der Waals surface area contributed by atoms with Gasteiger partial charge in [0.15, 0.2) is 17.5 Å². The summed E-state index contributed by atoms with van der Waals surface area (Å²) in [5.41, 5.74) is 3.95. The molecule has 4 heteroatoms.